The minimum Gasteiger partial charge on any atom is -0.339 e. The van der Waals surface area contributed by atoms with Gasteiger partial charge in [0.1, 0.15) is 5.82 Å². The highest BCUT2D eigenvalue weighted by molar-refractivity contribution is 5.94. The molecular formula is C22H21N5O2. The molecule has 1 aliphatic rings. The third kappa shape index (κ3) is 3.57. The Kier molecular flexibility index (Phi) is 5.00. The van der Waals surface area contributed by atoms with Crippen molar-refractivity contribution in [1.82, 2.24) is 19.2 Å². The smallest absolute Gasteiger partial charge is 0.339 e. The molecule has 0 bridgehead atoms. The van der Waals surface area contributed by atoms with Crippen LogP contribution in [0.15, 0.2) is 59.4 Å². The van der Waals surface area contributed by atoms with Crippen LogP contribution in [0.4, 0.5) is 0 Å². The number of carbonyl (C=O) groups excluding carboxylic acids is 1. The minimum absolute atomic E-state index is 0.0330. The Morgan fingerprint density at radius 3 is 2.34 bits per heavy atom. The molecule has 2 aromatic carbocycles. The van der Waals surface area contributed by atoms with Gasteiger partial charge in [0.15, 0.2) is 0 Å². The van der Waals surface area contributed by atoms with Gasteiger partial charge in [0.05, 0.1) is 17.3 Å². The summed E-state index contributed by atoms with van der Waals surface area (Å²) in [7, 11) is 1.66. The Bertz CT molecular complexity index is 1110. The summed E-state index contributed by atoms with van der Waals surface area (Å²) in [6, 6.07) is 18.3. The summed E-state index contributed by atoms with van der Waals surface area (Å²) in [5.41, 5.74) is 1.76. The number of carbonyl (C=O) groups is 1. The highest BCUT2D eigenvalue weighted by Crippen LogP contribution is 2.28. The van der Waals surface area contributed by atoms with Crippen LogP contribution in [0.2, 0.25) is 0 Å². The van der Waals surface area contributed by atoms with Gasteiger partial charge in [-0.1, -0.05) is 18.2 Å². The summed E-state index contributed by atoms with van der Waals surface area (Å²) in [5.74, 6) is 0.817. The number of piperidine rings is 1. The number of amides is 1. The van der Waals surface area contributed by atoms with Crippen molar-refractivity contribution in [3.63, 3.8) is 0 Å². The first-order chi connectivity index (χ1) is 14.1. The lowest BCUT2D eigenvalue weighted by Crippen LogP contribution is -2.38. The van der Waals surface area contributed by atoms with E-state index >= 15 is 0 Å². The minimum atomic E-state index is -0.165. The molecule has 1 saturated heterocycles. The second-order valence-electron chi connectivity index (χ2n) is 7.19. The van der Waals surface area contributed by atoms with Crippen LogP contribution in [-0.2, 0) is 7.05 Å². The van der Waals surface area contributed by atoms with Crippen molar-refractivity contribution in [2.45, 2.75) is 18.8 Å². The van der Waals surface area contributed by atoms with E-state index in [-0.39, 0.29) is 17.5 Å². The molecule has 0 atom stereocenters. The standard InChI is InChI=1S/C22H21N5O2/c1-25-22(29)27(19-5-3-2-4-6-19)20(24-25)17-11-13-26(14-12-17)21(28)18-9-7-16(15-23)8-10-18/h2-10,17H,11-14H2,1H3. The van der Waals surface area contributed by atoms with Gasteiger partial charge in [-0.2, -0.15) is 10.4 Å². The summed E-state index contributed by atoms with van der Waals surface area (Å²) < 4.78 is 3.04. The lowest BCUT2D eigenvalue weighted by Gasteiger charge is -2.31. The first kappa shape index (κ1) is 18.7. The van der Waals surface area contributed by atoms with E-state index < -0.39 is 0 Å². The van der Waals surface area contributed by atoms with Crippen molar-refractivity contribution in [3.8, 4) is 11.8 Å². The van der Waals surface area contributed by atoms with E-state index in [4.69, 9.17) is 5.26 Å². The van der Waals surface area contributed by atoms with Crippen LogP contribution in [0, 0.1) is 11.3 Å². The van der Waals surface area contributed by atoms with Gasteiger partial charge in [-0.05, 0) is 49.2 Å². The monoisotopic (exact) mass is 387 g/mol. The van der Waals surface area contributed by atoms with Crippen molar-refractivity contribution >= 4 is 5.91 Å². The quantitative estimate of drug-likeness (QED) is 0.691. The zero-order chi connectivity index (χ0) is 20.4. The highest BCUT2D eigenvalue weighted by atomic mass is 16.2. The predicted molar refractivity (Wildman–Crippen MR) is 108 cm³/mol. The zero-order valence-electron chi connectivity index (χ0n) is 16.2. The molecule has 2 heterocycles. The van der Waals surface area contributed by atoms with Gasteiger partial charge in [0.2, 0.25) is 0 Å². The Hall–Kier alpha value is -3.66. The number of rotatable bonds is 3. The Morgan fingerprint density at radius 1 is 1.07 bits per heavy atom. The SMILES string of the molecule is Cn1nc(C2CCN(C(=O)c3ccc(C#N)cc3)CC2)n(-c2ccccc2)c1=O. The largest absolute Gasteiger partial charge is 0.350 e. The molecule has 0 unspecified atom stereocenters. The maximum Gasteiger partial charge on any atom is 0.350 e. The van der Waals surface area contributed by atoms with Crippen LogP contribution in [0.1, 0.15) is 40.5 Å². The predicted octanol–water partition coefficient (Wildman–Crippen LogP) is 2.46. The lowest BCUT2D eigenvalue weighted by molar-refractivity contribution is 0.0710. The average Bonchev–Trinajstić information content (AvgIpc) is 3.08. The van der Waals surface area contributed by atoms with Gasteiger partial charge in [-0.15, -0.1) is 0 Å². The number of nitriles is 1. The number of aromatic nitrogens is 3. The fourth-order valence-corrected chi connectivity index (χ4v) is 3.78. The number of nitrogens with zero attached hydrogens (tertiary/aromatic N) is 5. The maximum atomic E-state index is 12.8. The number of benzene rings is 2. The third-order valence-corrected chi connectivity index (χ3v) is 5.37. The van der Waals surface area contributed by atoms with Crippen LogP contribution in [0.25, 0.3) is 5.69 Å². The molecule has 0 aliphatic carbocycles. The summed E-state index contributed by atoms with van der Waals surface area (Å²) >= 11 is 0. The molecule has 146 valence electrons. The van der Waals surface area contributed by atoms with Crippen molar-refractivity contribution in [2.24, 2.45) is 7.05 Å². The number of hydrogen-bond acceptors (Lipinski definition) is 4. The molecule has 29 heavy (non-hydrogen) atoms. The second-order valence-corrected chi connectivity index (χ2v) is 7.19. The van der Waals surface area contributed by atoms with E-state index in [0.29, 0.717) is 24.2 Å². The summed E-state index contributed by atoms with van der Waals surface area (Å²) in [6.07, 6.45) is 1.48. The summed E-state index contributed by atoms with van der Waals surface area (Å²) in [5, 5.41) is 13.4. The first-order valence-corrected chi connectivity index (χ1v) is 9.59. The molecule has 1 fully saturated rings. The molecule has 0 saturated carbocycles. The first-order valence-electron chi connectivity index (χ1n) is 9.59. The molecule has 7 heteroatoms. The maximum absolute atomic E-state index is 12.8. The molecule has 1 aromatic heterocycles. The van der Waals surface area contributed by atoms with Gasteiger partial charge >= 0.3 is 5.69 Å². The van der Waals surface area contributed by atoms with Crippen LogP contribution in [0.5, 0.6) is 0 Å². The molecule has 0 radical (unpaired) electrons. The molecule has 0 spiro atoms. The molecule has 7 nitrogen and oxygen atoms in total. The summed E-state index contributed by atoms with van der Waals surface area (Å²) in [4.78, 5) is 27.2. The van der Waals surface area contributed by atoms with Crippen molar-refractivity contribution in [1.29, 1.82) is 5.26 Å². The van der Waals surface area contributed by atoms with Crippen LogP contribution in [-0.4, -0.2) is 38.2 Å². The fourth-order valence-electron chi connectivity index (χ4n) is 3.78. The van der Waals surface area contributed by atoms with Gasteiger partial charge < -0.3 is 4.90 Å². The topological polar surface area (TPSA) is 83.9 Å². The molecule has 3 aromatic rings. The van der Waals surface area contributed by atoms with Gasteiger partial charge in [-0.3, -0.25) is 4.79 Å². The van der Waals surface area contributed by atoms with E-state index in [9.17, 15) is 9.59 Å². The molecular weight excluding hydrogens is 366 g/mol. The Labute approximate surface area is 168 Å². The van der Waals surface area contributed by atoms with E-state index in [2.05, 4.69) is 11.2 Å². The highest BCUT2D eigenvalue weighted by Gasteiger charge is 2.29. The molecule has 0 N–H and O–H groups in total. The Balaban J connectivity index is 1.52. The van der Waals surface area contributed by atoms with E-state index in [1.54, 1.807) is 35.9 Å². The number of para-hydroxylation sites is 1. The van der Waals surface area contributed by atoms with Crippen molar-refractivity contribution in [2.75, 3.05) is 13.1 Å². The number of hydrogen-bond donors (Lipinski definition) is 0. The Morgan fingerprint density at radius 2 is 1.72 bits per heavy atom. The second kappa shape index (κ2) is 7.76. The van der Waals surface area contributed by atoms with E-state index in [1.807, 2.05) is 35.2 Å². The number of aryl methyl sites for hydroxylation is 1. The van der Waals surface area contributed by atoms with Crippen molar-refractivity contribution < 1.29 is 4.79 Å². The van der Waals surface area contributed by atoms with Gasteiger partial charge in [0.25, 0.3) is 5.91 Å². The zero-order valence-corrected chi connectivity index (χ0v) is 16.2. The molecule has 4 rings (SSSR count). The van der Waals surface area contributed by atoms with Gasteiger partial charge in [0, 0.05) is 31.6 Å². The van der Waals surface area contributed by atoms with Crippen molar-refractivity contribution in [3.05, 3.63) is 82.0 Å². The summed E-state index contributed by atoms with van der Waals surface area (Å²) in [6.45, 7) is 1.20. The van der Waals surface area contributed by atoms with Crippen LogP contribution in [0.3, 0.4) is 0 Å². The third-order valence-electron chi connectivity index (χ3n) is 5.37. The average molecular weight is 387 g/mol. The fraction of sp³-hybridized carbons (Fsp3) is 0.273. The molecule has 1 aliphatic heterocycles. The van der Waals surface area contributed by atoms with Crippen LogP contribution >= 0.6 is 0 Å². The van der Waals surface area contributed by atoms with Crippen LogP contribution < -0.4 is 5.69 Å². The van der Waals surface area contributed by atoms with E-state index in [1.165, 1.54) is 4.68 Å². The normalized spacial score (nSPS) is 14.6. The number of likely N-dealkylation sites (tertiary alicyclic amines) is 1. The van der Waals surface area contributed by atoms with E-state index in [0.717, 1.165) is 24.4 Å². The van der Waals surface area contributed by atoms with Gasteiger partial charge in [-0.25, -0.2) is 14.0 Å². The molecule has 1 amide bonds. The lowest BCUT2D eigenvalue weighted by atomic mass is 9.95.